The minimum absolute atomic E-state index is 0.0181. The SMILES string of the molecule is CC(=O)COc1cccc(N2CC[N+]3=C2N=C2C3C(=O)N(C)C(=O)N2C)c1. The minimum atomic E-state index is -0.574. The largest absolute Gasteiger partial charge is 0.486 e. The Labute approximate surface area is 156 Å². The number of guanidine groups is 1. The molecule has 1 aromatic carbocycles. The third kappa shape index (κ3) is 2.66. The van der Waals surface area contributed by atoms with Gasteiger partial charge in [0.25, 0.3) is 5.91 Å². The van der Waals surface area contributed by atoms with Crippen LogP contribution in [0.25, 0.3) is 0 Å². The van der Waals surface area contributed by atoms with Gasteiger partial charge in [-0.15, -0.1) is 0 Å². The summed E-state index contributed by atoms with van der Waals surface area (Å²) in [7, 11) is 3.11. The van der Waals surface area contributed by atoms with Crippen LogP contribution in [-0.4, -0.2) is 83.7 Å². The molecule has 0 aromatic heterocycles. The minimum Gasteiger partial charge on any atom is -0.486 e. The number of rotatable bonds is 4. The van der Waals surface area contributed by atoms with Crippen LogP contribution in [0.1, 0.15) is 6.92 Å². The number of benzene rings is 1. The maximum Gasteiger partial charge on any atom is 0.397 e. The number of carbonyl (C=O) groups excluding carboxylic acids is 3. The molecule has 9 nitrogen and oxygen atoms in total. The van der Waals surface area contributed by atoms with Gasteiger partial charge in [-0.2, -0.15) is 0 Å². The predicted molar refractivity (Wildman–Crippen MR) is 97.3 cm³/mol. The fourth-order valence-corrected chi connectivity index (χ4v) is 3.51. The molecule has 0 aliphatic carbocycles. The van der Waals surface area contributed by atoms with Crippen molar-refractivity contribution in [2.24, 2.45) is 4.99 Å². The summed E-state index contributed by atoms with van der Waals surface area (Å²) < 4.78 is 7.40. The van der Waals surface area contributed by atoms with Gasteiger partial charge in [0, 0.05) is 20.2 Å². The van der Waals surface area contributed by atoms with Crippen LogP contribution in [0.15, 0.2) is 29.3 Å². The molecule has 9 heteroatoms. The van der Waals surface area contributed by atoms with Crippen molar-refractivity contribution in [2.45, 2.75) is 13.0 Å². The second-order valence-electron chi connectivity index (χ2n) is 6.74. The number of hydrogen-bond acceptors (Lipinski definition) is 6. The monoisotopic (exact) mass is 370 g/mol. The molecule has 3 heterocycles. The Balaban J connectivity index is 1.66. The van der Waals surface area contributed by atoms with Crippen molar-refractivity contribution >= 4 is 35.2 Å². The van der Waals surface area contributed by atoms with Gasteiger partial charge in [0.15, 0.2) is 5.78 Å². The molecule has 1 aromatic rings. The number of Topliss-reactive ketones (excluding diaryl/α,β-unsaturated/α-hetero) is 1. The van der Waals surface area contributed by atoms with Crippen molar-refractivity contribution < 1.29 is 23.7 Å². The first kappa shape index (κ1) is 17.2. The number of imide groups is 1. The highest BCUT2D eigenvalue weighted by Crippen LogP contribution is 2.28. The molecule has 0 bridgehead atoms. The van der Waals surface area contributed by atoms with E-state index in [-0.39, 0.29) is 24.3 Å². The van der Waals surface area contributed by atoms with Crippen LogP contribution in [-0.2, 0) is 9.59 Å². The van der Waals surface area contributed by atoms with Crippen molar-refractivity contribution in [2.75, 3.05) is 38.7 Å². The molecular weight excluding hydrogens is 350 g/mol. The van der Waals surface area contributed by atoms with Crippen LogP contribution in [0.2, 0.25) is 0 Å². The smallest absolute Gasteiger partial charge is 0.397 e. The van der Waals surface area contributed by atoms with Crippen LogP contribution in [0.3, 0.4) is 0 Å². The average molecular weight is 370 g/mol. The Kier molecular flexibility index (Phi) is 3.94. The molecule has 3 aliphatic rings. The van der Waals surface area contributed by atoms with Gasteiger partial charge in [0.2, 0.25) is 11.9 Å². The Bertz CT molecular complexity index is 922. The summed E-state index contributed by atoms with van der Waals surface area (Å²) in [6, 6.07) is 6.43. The number of ether oxygens (including phenoxy) is 1. The van der Waals surface area contributed by atoms with E-state index in [9.17, 15) is 14.4 Å². The van der Waals surface area contributed by atoms with Crippen molar-refractivity contribution in [3.63, 3.8) is 0 Å². The Morgan fingerprint density at radius 3 is 2.81 bits per heavy atom. The number of nitrogens with zero attached hydrogens (tertiary/aromatic N) is 5. The third-order valence-corrected chi connectivity index (χ3v) is 4.89. The highest BCUT2D eigenvalue weighted by atomic mass is 16.5. The summed E-state index contributed by atoms with van der Waals surface area (Å²) in [4.78, 5) is 45.1. The number of fused-ring (bicyclic) bond motifs is 2. The number of likely N-dealkylation sites (N-methyl/N-ethyl adjacent to an activating group) is 2. The van der Waals surface area contributed by atoms with Gasteiger partial charge in [-0.3, -0.25) is 19.4 Å². The summed E-state index contributed by atoms with van der Waals surface area (Å²) in [6.45, 7) is 2.77. The van der Waals surface area contributed by atoms with E-state index in [0.717, 1.165) is 10.6 Å². The molecule has 1 fully saturated rings. The Hall–Kier alpha value is -3.23. The van der Waals surface area contributed by atoms with Crippen LogP contribution in [0.5, 0.6) is 5.75 Å². The number of carbonyl (C=O) groups is 3. The summed E-state index contributed by atoms with van der Waals surface area (Å²) in [5, 5.41) is 0. The van der Waals surface area contributed by atoms with Crippen molar-refractivity contribution in [1.82, 2.24) is 9.80 Å². The Morgan fingerprint density at radius 1 is 1.30 bits per heavy atom. The van der Waals surface area contributed by atoms with E-state index in [4.69, 9.17) is 4.74 Å². The number of aliphatic imine (C=N–C) groups is 1. The third-order valence-electron chi connectivity index (χ3n) is 4.89. The van der Waals surface area contributed by atoms with Crippen LogP contribution in [0, 0.1) is 0 Å². The van der Waals surface area contributed by atoms with Gasteiger partial charge >= 0.3 is 12.0 Å². The van der Waals surface area contributed by atoms with E-state index < -0.39 is 6.04 Å². The maximum atomic E-state index is 12.6. The first-order valence-corrected chi connectivity index (χ1v) is 8.65. The molecule has 0 radical (unpaired) electrons. The molecule has 3 aliphatic heterocycles. The van der Waals surface area contributed by atoms with Gasteiger partial charge in [-0.25, -0.2) is 14.3 Å². The van der Waals surface area contributed by atoms with Crippen molar-refractivity contribution in [1.29, 1.82) is 0 Å². The molecule has 1 unspecified atom stereocenters. The summed E-state index contributed by atoms with van der Waals surface area (Å²) in [6.07, 6.45) is 0. The lowest BCUT2D eigenvalue weighted by atomic mass is 10.1. The van der Waals surface area contributed by atoms with Gasteiger partial charge in [-0.1, -0.05) is 11.1 Å². The van der Waals surface area contributed by atoms with Crippen LogP contribution in [0.4, 0.5) is 10.5 Å². The second kappa shape index (κ2) is 6.19. The highest BCUT2D eigenvalue weighted by molar-refractivity contribution is 6.24. The molecular formula is C18H20N5O4+. The Morgan fingerprint density at radius 2 is 2.07 bits per heavy atom. The van der Waals surface area contributed by atoms with Gasteiger partial charge in [0.05, 0.1) is 6.54 Å². The fraction of sp³-hybridized carbons (Fsp3) is 0.389. The van der Waals surface area contributed by atoms with E-state index in [1.165, 1.54) is 18.9 Å². The second-order valence-corrected chi connectivity index (χ2v) is 6.74. The average Bonchev–Trinajstić information content (AvgIpc) is 3.22. The molecule has 3 amide bonds. The molecule has 0 spiro atoms. The zero-order valence-corrected chi connectivity index (χ0v) is 15.4. The van der Waals surface area contributed by atoms with Crippen molar-refractivity contribution in [3.8, 4) is 5.75 Å². The fourth-order valence-electron chi connectivity index (χ4n) is 3.51. The quantitative estimate of drug-likeness (QED) is 0.704. The summed E-state index contributed by atoms with van der Waals surface area (Å²) in [5.74, 6) is 1.36. The van der Waals surface area contributed by atoms with Crippen LogP contribution < -0.4 is 9.64 Å². The van der Waals surface area contributed by atoms with Gasteiger partial charge in [0.1, 0.15) is 24.6 Å². The molecule has 27 heavy (non-hydrogen) atoms. The van der Waals surface area contributed by atoms with Gasteiger partial charge in [-0.05, 0) is 19.1 Å². The lowest BCUT2D eigenvalue weighted by molar-refractivity contribution is -0.525. The predicted octanol–water partition coefficient (Wildman–Crippen LogP) is 0.147. The summed E-state index contributed by atoms with van der Waals surface area (Å²) >= 11 is 0. The van der Waals surface area contributed by atoms with E-state index in [1.54, 1.807) is 13.1 Å². The van der Waals surface area contributed by atoms with E-state index in [2.05, 4.69) is 4.99 Å². The lowest BCUT2D eigenvalue weighted by Crippen LogP contribution is -2.61. The number of amidine groups is 1. The zero-order chi connectivity index (χ0) is 19.3. The first-order valence-electron chi connectivity index (χ1n) is 8.65. The van der Waals surface area contributed by atoms with Crippen molar-refractivity contribution in [3.05, 3.63) is 24.3 Å². The molecule has 140 valence electrons. The van der Waals surface area contributed by atoms with E-state index >= 15 is 0 Å². The molecule has 4 rings (SSSR count). The molecule has 0 N–H and O–H groups in total. The highest BCUT2D eigenvalue weighted by Gasteiger charge is 2.54. The summed E-state index contributed by atoms with van der Waals surface area (Å²) in [5.41, 5.74) is 0.853. The molecule has 1 atom stereocenters. The number of anilines is 1. The van der Waals surface area contributed by atoms with Gasteiger partial charge < -0.3 is 4.74 Å². The number of hydrogen-bond donors (Lipinski definition) is 0. The number of ketones is 1. The maximum absolute atomic E-state index is 12.6. The molecule has 0 saturated carbocycles. The number of amides is 3. The van der Waals surface area contributed by atoms with E-state index in [1.807, 2.05) is 27.7 Å². The van der Waals surface area contributed by atoms with E-state index in [0.29, 0.717) is 30.6 Å². The standard InChI is InChI=1S/C18H20N5O4/c1-11(24)10-27-13-6-4-5-12(9-13)22-7-8-23-14-15(19-17(22)23)20(2)18(26)21(3)16(14)25/h4-6,9,14H,7-8,10H2,1-3H3/q+1. The normalized spacial score (nSPS) is 21.5. The number of urea groups is 1. The first-order chi connectivity index (χ1) is 12.9. The molecule has 1 saturated heterocycles. The van der Waals surface area contributed by atoms with Crippen LogP contribution >= 0.6 is 0 Å². The topological polar surface area (TPSA) is 85.5 Å². The lowest BCUT2D eigenvalue weighted by Gasteiger charge is -2.31. The zero-order valence-electron chi connectivity index (χ0n) is 15.4.